The largest absolute Gasteiger partial charge is 0.497 e. The molecule has 1 unspecified atom stereocenters. The maximum atomic E-state index is 12.5. The zero-order valence-electron chi connectivity index (χ0n) is 18.9. The van der Waals surface area contributed by atoms with Gasteiger partial charge in [-0.3, -0.25) is 14.7 Å². The van der Waals surface area contributed by atoms with E-state index in [0.29, 0.717) is 6.54 Å². The van der Waals surface area contributed by atoms with Crippen molar-refractivity contribution < 1.29 is 14.6 Å². The Morgan fingerprint density at radius 3 is 2.55 bits per heavy atom. The number of aliphatic hydroxyl groups is 1. The summed E-state index contributed by atoms with van der Waals surface area (Å²) in [5.41, 5.74) is 0.792. The predicted octanol–water partition coefficient (Wildman–Crippen LogP) is 1.32. The minimum atomic E-state index is -0.688. The Hall–Kier alpha value is -2.32. The molecule has 0 aromatic heterocycles. The highest BCUT2D eigenvalue weighted by molar-refractivity contribution is 5.80. The molecule has 1 atom stereocenters. The van der Waals surface area contributed by atoms with Gasteiger partial charge < -0.3 is 25.0 Å². The summed E-state index contributed by atoms with van der Waals surface area (Å²) in [6.07, 6.45) is 2.81. The van der Waals surface area contributed by atoms with Gasteiger partial charge in [0.1, 0.15) is 5.75 Å². The summed E-state index contributed by atoms with van der Waals surface area (Å²) in [4.78, 5) is 23.7. The van der Waals surface area contributed by atoms with Crippen LogP contribution < -0.4 is 10.1 Å². The lowest BCUT2D eigenvalue weighted by atomic mass is 10.1. The minimum Gasteiger partial charge on any atom is -0.497 e. The number of aliphatic hydroxyl groups excluding tert-OH is 1. The molecule has 1 amide bonds. The zero-order valence-corrected chi connectivity index (χ0v) is 18.9. The van der Waals surface area contributed by atoms with Crippen LogP contribution in [0, 0.1) is 0 Å². The maximum Gasteiger partial charge on any atom is 0.236 e. The van der Waals surface area contributed by atoms with Crippen molar-refractivity contribution >= 4 is 11.9 Å². The van der Waals surface area contributed by atoms with Crippen LogP contribution in [0.5, 0.6) is 5.75 Å². The fourth-order valence-corrected chi connectivity index (χ4v) is 4.11. The highest BCUT2D eigenvalue weighted by Gasteiger charge is 2.24. The Labute approximate surface area is 185 Å². The summed E-state index contributed by atoms with van der Waals surface area (Å²) in [5, 5.41) is 13.9. The summed E-state index contributed by atoms with van der Waals surface area (Å²) in [7, 11) is 1.62. The third-order valence-electron chi connectivity index (χ3n) is 5.97. The van der Waals surface area contributed by atoms with E-state index in [1.54, 1.807) is 7.11 Å². The number of carbonyl (C=O) groups is 1. The standard InChI is InChI=1S/C23H37N5O3/c1-3-24-23(25-17-21(29)19-8-7-9-20(16-19)31-2)28-14-12-26(13-15-28)18-22(30)27-10-5-4-6-11-27/h7-9,16,21,29H,3-6,10-15,17-18H2,1-2H3,(H,24,25). The lowest BCUT2D eigenvalue weighted by Crippen LogP contribution is -2.54. The maximum absolute atomic E-state index is 12.5. The van der Waals surface area contributed by atoms with Crippen molar-refractivity contribution in [3.05, 3.63) is 29.8 Å². The van der Waals surface area contributed by atoms with E-state index >= 15 is 0 Å². The highest BCUT2D eigenvalue weighted by Crippen LogP contribution is 2.19. The van der Waals surface area contributed by atoms with E-state index < -0.39 is 6.10 Å². The number of amides is 1. The molecule has 2 fully saturated rings. The van der Waals surface area contributed by atoms with Crippen LogP contribution in [0.15, 0.2) is 29.3 Å². The van der Waals surface area contributed by atoms with Crippen molar-refractivity contribution in [3.63, 3.8) is 0 Å². The second kappa shape index (κ2) is 11.9. The van der Waals surface area contributed by atoms with Gasteiger partial charge in [-0.2, -0.15) is 0 Å². The average Bonchev–Trinajstić information content (AvgIpc) is 2.82. The van der Waals surface area contributed by atoms with Gasteiger partial charge in [0.2, 0.25) is 5.91 Å². The number of likely N-dealkylation sites (tertiary alicyclic amines) is 1. The molecule has 172 valence electrons. The van der Waals surface area contributed by atoms with Gasteiger partial charge in [0.25, 0.3) is 0 Å². The van der Waals surface area contributed by atoms with Crippen molar-refractivity contribution in [3.8, 4) is 5.75 Å². The van der Waals surface area contributed by atoms with Crippen molar-refractivity contribution in [2.24, 2.45) is 4.99 Å². The van der Waals surface area contributed by atoms with E-state index in [1.807, 2.05) is 36.1 Å². The Bertz CT molecular complexity index is 728. The molecule has 8 nitrogen and oxygen atoms in total. The summed E-state index contributed by atoms with van der Waals surface area (Å²) < 4.78 is 5.24. The lowest BCUT2D eigenvalue weighted by Gasteiger charge is -2.37. The molecule has 2 heterocycles. The molecule has 0 aliphatic carbocycles. The molecule has 0 radical (unpaired) electrons. The summed E-state index contributed by atoms with van der Waals surface area (Å²) >= 11 is 0. The summed E-state index contributed by atoms with van der Waals surface area (Å²) in [5.74, 6) is 1.80. The molecule has 8 heteroatoms. The van der Waals surface area contributed by atoms with Crippen molar-refractivity contribution in [1.29, 1.82) is 0 Å². The van der Waals surface area contributed by atoms with E-state index in [-0.39, 0.29) is 12.5 Å². The number of methoxy groups -OCH3 is 1. The molecule has 1 aromatic rings. The molecule has 2 saturated heterocycles. The number of rotatable bonds is 7. The first-order valence-electron chi connectivity index (χ1n) is 11.5. The predicted molar refractivity (Wildman–Crippen MR) is 122 cm³/mol. The molecule has 0 saturated carbocycles. The third-order valence-corrected chi connectivity index (χ3v) is 5.97. The number of aliphatic imine (C=N–C) groups is 1. The second-order valence-corrected chi connectivity index (χ2v) is 8.19. The van der Waals surface area contributed by atoms with Gasteiger partial charge in [0, 0.05) is 45.8 Å². The van der Waals surface area contributed by atoms with E-state index in [1.165, 1.54) is 6.42 Å². The molecule has 1 aromatic carbocycles. The summed E-state index contributed by atoms with van der Waals surface area (Å²) in [6, 6.07) is 7.45. The number of hydrogen-bond donors (Lipinski definition) is 2. The Balaban J connectivity index is 1.51. The topological polar surface area (TPSA) is 80.6 Å². The van der Waals surface area contributed by atoms with Crippen LogP contribution in [0.1, 0.15) is 37.9 Å². The first-order chi connectivity index (χ1) is 15.1. The molecule has 0 spiro atoms. The van der Waals surface area contributed by atoms with Crippen LogP contribution >= 0.6 is 0 Å². The Kier molecular flexibility index (Phi) is 8.97. The van der Waals surface area contributed by atoms with E-state index in [4.69, 9.17) is 4.74 Å². The van der Waals surface area contributed by atoms with Crippen LogP contribution in [0.4, 0.5) is 0 Å². The molecule has 2 aliphatic rings. The number of ether oxygens (including phenoxy) is 1. The van der Waals surface area contributed by atoms with Crippen LogP contribution in [0.3, 0.4) is 0 Å². The number of hydrogen-bond acceptors (Lipinski definition) is 5. The average molecular weight is 432 g/mol. The first kappa shape index (κ1) is 23.3. The molecule has 0 bridgehead atoms. The second-order valence-electron chi connectivity index (χ2n) is 8.19. The summed E-state index contributed by atoms with van der Waals surface area (Å²) in [6.45, 7) is 8.72. The number of nitrogens with one attached hydrogen (secondary N) is 1. The van der Waals surface area contributed by atoms with Gasteiger partial charge in [0.05, 0.1) is 26.3 Å². The quantitative estimate of drug-likeness (QED) is 0.501. The van der Waals surface area contributed by atoms with Gasteiger partial charge in [-0.05, 0) is 43.9 Å². The van der Waals surface area contributed by atoms with Crippen LogP contribution in [0.2, 0.25) is 0 Å². The highest BCUT2D eigenvalue weighted by atomic mass is 16.5. The molecular weight excluding hydrogens is 394 g/mol. The third kappa shape index (κ3) is 6.83. The molecule has 31 heavy (non-hydrogen) atoms. The van der Waals surface area contributed by atoms with Gasteiger partial charge in [-0.15, -0.1) is 0 Å². The van der Waals surface area contributed by atoms with Crippen LogP contribution in [-0.4, -0.2) is 97.7 Å². The van der Waals surface area contributed by atoms with Crippen molar-refractivity contribution in [2.45, 2.75) is 32.3 Å². The molecule has 2 N–H and O–H groups in total. The number of piperidine rings is 1. The monoisotopic (exact) mass is 431 g/mol. The van der Waals surface area contributed by atoms with E-state index in [9.17, 15) is 9.90 Å². The van der Waals surface area contributed by atoms with Gasteiger partial charge >= 0.3 is 0 Å². The lowest BCUT2D eigenvalue weighted by molar-refractivity contribution is -0.133. The Morgan fingerprint density at radius 2 is 1.87 bits per heavy atom. The van der Waals surface area contributed by atoms with E-state index in [0.717, 1.165) is 75.9 Å². The normalized spacial score (nSPS) is 19.3. The minimum absolute atomic E-state index is 0.259. The fraction of sp³-hybridized carbons (Fsp3) is 0.652. The van der Waals surface area contributed by atoms with Crippen molar-refractivity contribution in [2.75, 3.05) is 66.0 Å². The van der Waals surface area contributed by atoms with Gasteiger partial charge in [-0.1, -0.05) is 12.1 Å². The van der Waals surface area contributed by atoms with E-state index in [2.05, 4.69) is 20.1 Å². The van der Waals surface area contributed by atoms with Crippen LogP contribution in [0.25, 0.3) is 0 Å². The number of benzene rings is 1. The first-order valence-corrected chi connectivity index (χ1v) is 11.5. The Morgan fingerprint density at radius 1 is 1.13 bits per heavy atom. The SMILES string of the molecule is CCNC(=NCC(O)c1cccc(OC)c1)N1CCN(CC(=O)N2CCCCC2)CC1. The van der Waals surface area contributed by atoms with Crippen molar-refractivity contribution in [1.82, 2.24) is 20.0 Å². The number of guanidine groups is 1. The fourth-order valence-electron chi connectivity index (χ4n) is 4.11. The van der Waals surface area contributed by atoms with Gasteiger partial charge in [-0.25, -0.2) is 0 Å². The number of piperazine rings is 1. The zero-order chi connectivity index (χ0) is 22.1. The van der Waals surface area contributed by atoms with Gasteiger partial charge in [0.15, 0.2) is 5.96 Å². The molecular formula is C23H37N5O3. The molecule has 3 rings (SSSR count). The number of nitrogens with zero attached hydrogens (tertiary/aromatic N) is 4. The smallest absolute Gasteiger partial charge is 0.236 e. The van der Waals surface area contributed by atoms with Crippen LogP contribution in [-0.2, 0) is 4.79 Å². The number of carbonyl (C=O) groups excluding carboxylic acids is 1. The molecule has 2 aliphatic heterocycles.